The van der Waals surface area contributed by atoms with Crippen molar-refractivity contribution in [1.82, 2.24) is 20.3 Å². The van der Waals surface area contributed by atoms with Gasteiger partial charge in [-0.1, -0.05) is 36.4 Å². The molecule has 2 fully saturated rings. The van der Waals surface area contributed by atoms with Gasteiger partial charge in [0.15, 0.2) is 6.10 Å². The van der Waals surface area contributed by atoms with Gasteiger partial charge in [-0.15, -0.1) is 11.3 Å². The first kappa shape index (κ1) is 35.7. The van der Waals surface area contributed by atoms with Gasteiger partial charge in [0.25, 0.3) is 0 Å². The van der Waals surface area contributed by atoms with Gasteiger partial charge >= 0.3 is 12.1 Å². The number of aromatic nitrogens is 1. The summed E-state index contributed by atoms with van der Waals surface area (Å²) in [6.07, 6.45) is 4.46. The maximum Gasteiger partial charge on any atom is 0.407 e. The lowest BCUT2D eigenvalue weighted by Crippen LogP contribution is -2.44. The molecule has 1 saturated heterocycles. The van der Waals surface area contributed by atoms with E-state index < -0.39 is 27.7 Å². The lowest BCUT2D eigenvalue weighted by Gasteiger charge is -2.30. The summed E-state index contributed by atoms with van der Waals surface area (Å²) in [6, 6.07) is 13.8. The quantitative estimate of drug-likeness (QED) is 0.214. The number of alkyl carbamates (subject to hydrolysis) is 1. The van der Waals surface area contributed by atoms with Crippen LogP contribution in [0.3, 0.4) is 0 Å². The second-order valence-corrected chi connectivity index (χ2v) is 15.3. The number of nitrogens with zero attached hydrogens (tertiary/aromatic N) is 1. The third-order valence-electron chi connectivity index (χ3n) is 7.69. The van der Waals surface area contributed by atoms with E-state index in [1.165, 1.54) is 17.4 Å². The number of hydrogen-bond donors (Lipinski definition) is 4. The summed E-state index contributed by atoms with van der Waals surface area (Å²) in [5.41, 5.74) is 1.10. The SMILES string of the molecule is C[C@H](NC(=O)Nc1ccc(-c2cnc(C3CCC(NC(=O)OC4COC4)CC3)s2)c(S(=O)(=O)NC(C)(C)C)c1)c1ccccc1.S. The standard InChI is InChI=1S/C32H41N5O6S2.H2S/c1-20(21-8-6-5-7-9-21)34-30(38)35-24-14-15-26(28(16-24)45(40,41)37-32(2,3)4)27-17-33-29(44-27)22-10-12-23(13-11-22)36-31(39)43-25-18-42-19-25;/h5-9,14-17,20,22-23,25,37H,10-13,18-19H2,1-4H3,(H,36,39)(H2,34,35,38);1H2/t20-,22?,23?;/m0./s1. The minimum absolute atomic E-state index is 0. The van der Waals surface area contributed by atoms with Crippen LogP contribution < -0.4 is 20.7 Å². The van der Waals surface area contributed by atoms with Gasteiger partial charge in [-0.25, -0.2) is 27.7 Å². The van der Waals surface area contributed by atoms with Crippen molar-refractivity contribution in [2.75, 3.05) is 18.5 Å². The van der Waals surface area contributed by atoms with Crippen LogP contribution in [0.4, 0.5) is 15.3 Å². The van der Waals surface area contributed by atoms with E-state index in [0.717, 1.165) is 41.1 Å². The molecule has 14 heteroatoms. The van der Waals surface area contributed by atoms with Crippen LogP contribution in [-0.4, -0.2) is 56.4 Å². The molecule has 1 saturated carbocycles. The number of carbonyl (C=O) groups is 2. The second kappa shape index (κ2) is 15.2. The minimum atomic E-state index is -3.96. The number of urea groups is 1. The minimum Gasteiger partial charge on any atom is -0.441 e. The maximum atomic E-state index is 13.7. The molecule has 1 aliphatic heterocycles. The van der Waals surface area contributed by atoms with E-state index in [-0.39, 0.29) is 42.5 Å². The van der Waals surface area contributed by atoms with Gasteiger partial charge in [-0.2, -0.15) is 13.5 Å². The second-order valence-electron chi connectivity index (χ2n) is 12.6. The van der Waals surface area contributed by atoms with E-state index >= 15 is 0 Å². The van der Waals surface area contributed by atoms with E-state index in [0.29, 0.717) is 24.5 Å². The first-order chi connectivity index (χ1) is 21.4. The molecule has 11 nitrogen and oxygen atoms in total. The van der Waals surface area contributed by atoms with E-state index in [1.807, 2.05) is 37.3 Å². The fourth-order valence-corrected chi connectivity index (χ4v) is 8.25. The highest BCUT2D eigenvalue weighted by molar-refractivity contribution is 7.89. The molecule has 3 aromatic rings. The van der Waals surface area contributed by atoms with E-state index in [4.69, 9.17) is 9.47 Å². The molecule has 3 amide bonds. The van der Waals surface area contributed by atoms with Crippen LogP contribution in [0, 0.1) is 0 Å². The molecule has 0 spiro atoms. The lowest BCUT2D eigenvalue weighted by atomic mass is 9.86. The number of benzene rings is 2. The van der Waals surface area contributed by atoms with Gasteiger partial charge in [0.2, 0.25) is 10.0 Å². The normalized spacial score (nSPS) is 19.2. The fraction of sp³-hybridized carbons (Fsp3) is 0.469. The third-order valence-corrected chi connectivity index (χ3v) is 10.7. The Hall–Kier alpha value is -3.17. The Balaban J connectivity index is 0.00000480. The first-order valence-corrected chi connectivity index (χ1v) is 17.5. The Kier molecular flexibility index (Phi) is 11.8. The van der Waals surface area contributed by atoms with Crippen molar-refractivity contribution in [3.63, 3.8) is 0 Å². The average Bonchev–Trinajstić information content (AvgIpc) is 3.45. The van der Waals surface area contributed by atoms with Crippen LogP contribution >= 0.6 is 24.8 Å². The third kappa shape index (κ3) is 9.44. The molecular formula is C32H43N5O6S3. The fourth-order valence-electron chi connectivity index (χ4n) is 5.39. The predicted molar refractivity (Wildman–Crippen MR) is 184 cm³/mol. The molecule has 0 radical (unpaired) electrons. The predicted octanol–water partition coefficient (Wildman–Crippen LogP) is 6.03. The van der Waals surface area contributed by atoms with Crippen molar-refractivity contribution in [1.29, 1.82) is 0 Å². The Labute approximate surface area is 281 Å². The molecule has 2 aliphatic rings. The topological polar surface area (TPSA) is 148 Å². The molecule has 0 bridgehead atoms. The largest absolute Gasteiger partial charge is 0.441 e. The monoisotopic (exact) mass is 689 g/mol. The molecule has 1 aliphatic carbocycles. The Morgan fingerprint density at radius 3 is 2.37 bits per heavy atom. The van der Waals surface area contributed by atoms with Crippen molar-refractivity contribution < 1.29 is 27.5 Å². The molecule has 250 valence electrons. The Morgan fingerprint density at radius 1 is 1.04 bits per heavy atom. The molecule has 1 atom stereocenters. The van der Waals surface area contributed by atoms with E-state index in [9.17, 15) is 18.0 Å². The van der Waals surface area contributed by atoms with Crippen LogP contribution in [0.15, 0.2) is 59.6 Å². The summed E-state index contributed by atoms with van der Waals surface area (Å²) in [5, 5.41) is 9.57. The van der Waals surface area contributed by atoms with Crippen LogP contribution in [0.2, 0.25) is 0 Å². The number of ether oxygens (including phenoxy) is 2. The van der Waals surface area contributed by atoms with E-state index in [1.54, 1.807) is 39.1 Å². The number of nitrogens with one attached hydrogen (secondary N) is 4. The Bertz CT molecular complexity index is 1600. The van der Waals surface area contributed by atoms with Crippen molar-refractivity contribution in [3.8, 4) is 10.4 Å². The smallest absolute Gasteiger partial charge is 0.407 e. The zero-order chi connectivity index (χ0) is 32.2. The molecule has 1 aromatic heterocycles. The molecule has 2 heterocycles. The van der Waals surface area contributed by atoms with E-state index in [2.05, 4.69) is 25.7 Å². The zero-order valence-electron chi connectivity index (χ0n) is 26.5. The number of carbonyl (C=O) groups excluding carboxylic acids is 2. The summed E-state index contributed by atoms with van der Waals surface area (Å²) in [5.74, 6) is 0.210. The van der Waals surface area contributed by atoms with Gasteiger partial charge in [0.1, 0.15) is 0 Å². The van der Waals surface area contributed by atoms with Crippen LogP contribution in [0.25, 0.3) is 10.4 Å². The van der Waals surface area contributed by atoms with Crippen molar-refractivity contribution >= 4 is 52.7 Å². The molecule has 46 heavy (non-hydrogen) atoms. The number of sulfonamides is 1. The zero-order valence-corrected chi connectivity index (χ0v) is 29.1. The van der Waals surface area contributed by atoms with Crippen LogP contribution in [0.5, 0.6) is 0 Å². The molecule has 2 aromatic carbocycles. The van der Waals surface area contributed by atoms with Crippen LogP contribution in [-0.2, 0) is 19.5 Å². The van der Waals surface area contributed by atoms with Gasteiger partial charge in [0, 0.05) is 34.9 Å². The summed E-state index contributed by atoms with van der Waals surface area (Å²) >= 11 is 1.47. The molecule has 5 rings (SSSR count). The highest BCUT2D eigenvalue weighted by atomic mass is 32.2. The Morgan fingerprint density at radius 2 is 1.74 bits per heavy atom. The van der Waals surface area contributed by atoms with Crippen molar-refractivity contribution in [3.05, 3.63) is 65.3 Å². The van der Waals surface area contributed by atoms with Crippen LogP contribution in [0.1, 0.15) is 75.9 Å². The van der Waals surface area contributed by atoms with Crippen molar-refractivity contribution in [2.24, 2.45) is 0 Å². The lowest BCUT2D eigenvalue weighted by molar-refractivity contribution is -0.0985. The number of rotatable bonds is 9. The number of thiazole rings is 1. The molecule has 0 unspecified atom stereocenters. The highest BCUT2D eigenvalue weighted by Gasteiger charge is 2.30. The van der Waals surface area contributed by atoms with Gasteiger partial charge < -0.3 is 25.4 Å². The number of anilines is 1. The van der Waals surface area contributed by atoms with Gasteiger partial charge in [-0.3, -0.25) is 0 Å². The average molecular weight is 690 g/mol. The van der Waals surface area contributed by atoms with Gasteiger partial charge in [-0.05, 0) is 71.1 Å². The molecule has 4 N–H and O–H groups in total. The first-order valence-electron chi connectivity index (χ1n) is 15.2. The maximum absolute atomic E-state index is 13.7. The highest BCUT2D eigenvalue weighted by Crippen LogP contribution is 2.40. The number of hydrogen-bond acceptors (Lipinski definition) is 8. The molecular weight excluding hydrogens is 647 g/mol. The van der Waals surface area contributed by atoms with Crippen molar-refractivity contribution in [2.45, 2.75) is 87.9 Å². The van der Waals surface area contributed by atoms with Gasteiger partial charge in [0.05, 0.1) is 34.0 Å². The summed E-state index contributed by atoms with van der Waals surface area (Å²) in [7, 11) is -3.96. The summed E-state index contributed by atoms with van der Waals surface area (Å²) in [6.45, 7) is 8.12. The summed E-state index contributed by atoms with van der Waals surface area (Å²) in [4.78, 5) is 30.4. The summed E-state index contributed by atoms with van der Waals surface area (Å²) < 4.78 is 40.4. The number of amides is 3.